The molecule has 1 heterocycles. The summed E-state index contributed by atoms with van der Waals surface area (Å²) in [5, 5.41) is 4.93. The second-order valence-corrected chi connectivity index (χ2v) is 4.96. The molecule has 4 heteroatoms. The van der Waals surface area contributed by atoms with Crippen LogP contribution in [0, 0.1) is 0 Å². The summed E-state index contributed by atoms with van der Waals surface area (Å²) < 4.78 is 7.59. The van der Waals surface area contributed by atoms with E-state index in [0.717, 1.165) is 5.56 Å². The third-order valence-electron chi connectivity index (χ3n) is 3.36. The predicted molar refractivity (Wildman–Crippen MR) is 70.9 cm³/mol. The van der Waals surface area contributed by atoms with Crippen molar-refractivity contribution < 1.29 is 4.74 Å². The van der Waals surface area contributed by atoms with E-state index in [2.05, 4.69) is 5.10 Å². The van der Waals surface area contributed by atoms with Crippen LogP contribution < -0.4 is 4.74 Å². The van der Waals surface area contributed by atoms with Gasteiger partial charge in [0.15, 0.2) is 10.9 Å². The Balaban J connectivity index is 1.68. The maximum atomic E-state index is 6.27. The minimum Gasteiger partial charge on any atom is -0.484 e. The Morgan fingerprint density at radius 3 is 2.72 bits per heavy atom. The van der Waals surface area contributed by atoms with Crippen LogP contribution in [0.2, 0.25) is 5.15 Å². The second kappa shape index (κ2) is 5.02. The first-order valence-corrected chi connectivity index (χ1v) is 6.62. The van der Waals surface area contributed by atoms with Gasteiger partial charge in [-0.2, -0.15) is 5.10 Å². The van der Waals surface area contributed by atoms with Gasteiger partial charge in [-0.05, 0) is 24.8 Å². The number of halogens is 1. The van der Waals surface area contributed by atoms with Crippen molar-refractivity contribution in [3.05, 3.63) is 47.2 Å². The SMILES string of the molecule is Clc1c(OCc2ccccc2)cnn1C1CCC1. The van der Waals surface area contributed by atoms with Crippen LogP contribution in [0.25, 0.3) is 0 Å². The van der Waals surface area contributed by atoms with Gasteiger partial charge in [0.25, 0.3) is 0 Å². The number of aromatic nitrogens is 2. The normalized spacial score (nSPS) is 15.4. The van der Waals surface area contributed by atoms with Crippen molar-refractivity contribution in [2.45, 2.75) is 31.9 Å². The lowest BCUT2D eigenvalue weighted by molar-refractivity contribution is 0.283. The number of ether oxygens (including phenoxy) is 1. The first kappa shape index (κ1) is 11.6. The van der Waals surface area contributed by atoms with E-state index in [1.54, 1.807) is 6.20 Å². The molecule has 18 heavy (non-hydrogen) atoms. The van der Waals surface area contributed by atoms with Gasteiger partial charge in [0.2, 0.25) is 0 Å². The fraction of sp³-hybridized carbons (Fsp3) is 0.357. The highest BCUT2D eigenvalue weighted by molar-refractivity contribution is 6.31. The third kappa shape index (κ3) is 2.23. The van der Waals surface area contributed by atoms with Crippen molar-refractivity contribution in [3.8, 4) is 5.75 Å². The molecule has 3 rings (SSSR count). The minimum absolute atomic E-state index is 0.464. The lowest BCUT2D eigenvalue weighted by Gasteiger charge is -2.26. The molecule has 1 aliphatic rings. The van der Waals surface area contributed by atoms with Gasteiger partial charge in [0, 0.05) is 0 Å². The van der Waals surface area contributed by atoms with Crippen molar-refractivity contribution in [1.29, 1.82) is 0 Å². The molecule has 1 aliphatic carbocycles. The van der Waals surface area contributed by atoms with Gasteiger partial charge in [-0.1, -0.05) is 41.9 Å². The van der Waals surface area contributed by atoms with E-state index in [9.17, 15) is 0 Å². The molecule has 1 saturated carbocycles. The first-order valence-electron chi connectivity index (χ1n) is 6.24. The number of nitrogens with zero attached hydrogens (tertiary/aromatic N) is 2. The Morgan fingerprint density at radius 1 is 1.28 bits per heavy atom. The molecule has 0 spiro atoms. The van der Waals surface area contributed by atoms with Crippen molar-refractivity contribution in [2.24, 2.45) is 0 Å². The van der Waals surface area contributed by atoms with Crippen LogP contribution in [0.4, 0.5) is 0 Å². The maximum absolute atomic E-state index is 6.27. The van der Waals surface area contributed by atoms with Crippen LogP contribution in [-0.4, -0.2) is 9.78 Å². The number of benzene rings is 1. The predicted octanol–water partition coefficient (Wildman–Crippen LogP) is 3.84. The molecule has 0 atom stereocenters. The molecule has 0 amide bonds. The minimum atomic E-state index is 0.464. The van der Waals surface area contributed by atoms with Crippen molar-refractivity contribution >= 4 is 11.6 Å². The highest BCUT2D eigenvalue weighted by atomic mass is 35.5. The molecular weight excluding hydrogens is 248 g/mol. The molecule has 0 radical (unpaired) electrons. The van der Waals surface area contributed by atoms with Crippen LogP contribution in [-0.2, 0) is 6.61 Å². The van der Waals surface area contributed by atoms with E-state index in [1.807, 2.05) is 35.0 Å². The summed E-state index contributed by atoms with van der Waals surface area (Å²) in [5.41, 5.74) is 1.13. The lowest BCUT2D eigenvalue weighted by Crippen LogP contribution is -2.18. The zero-order valence-electron chi connectivity index (χ0n) is 10.1. The second-order valence-electron chi connectivity index (χ2n) is 4.60. The molecule has 0 bridgehead atoms. The molecular formula is C14H15ClN2O. The summed E-state index contributed by atoms with van der Waals surface area (Å²) in [5.74, 6) is 0.674. The van der Waals surface area contributed by atoms with Gasteiger partial charge in [0.1, 0.15) is 6.61 Å². The fourth-order valence-corrected chi connectivity index (χ4v) is 2.33. The average Bonchev–Trinajstić information content (AvgIpc) is 2.68. The third-order valence-corrected chi connectivity index (χ3v) is 3.72. The first-order chi connectivity index (χ1) is 8.84. The monoisotopic (exact) mass is 262 g/mol. The summed E-state index contributed by atoms with van der Waals surface area (Å²) in [7, 11) is 0. The Hall–Kier alpha value is -1.48. The molecule has 1 fully saturated rings. The largest absolute Gasteiger partial charge is 0.484 e. The Labute approximate surface area is 111 Å². The van der Waals surface area contributed by atoms with Crippen LogP contribution in [0.5, 0.6) is 5.75 Å². The molecule has 0 saturated heterocycles. The van der Waals surface area contributed by atoms with Crippen LogP contribution in [0.1, 0.15) is 30.9 Å². The molecule has 1 aromatic carbocycles. The zero-order valence-corrected chi connectivity index (χ0v) is 10.8. The van der Waals surface area contributed by atoms with Gasteiger partial charge in [0.05, 0.1) is 12.2 Å². The highest BCUT2D eigenvalue weighted by Crippen LogP contribution is 2.36. The van der Waals surface area contributed by atoms with E-state index < -0.39 is 0 Å². The number of hydrogen-bond acceptors (Lipinski definition) is 2. The molecule has 1 aromatic heterocycles. The van der Waals surface area contributed by atoms with Crippen molar-refractivity contribution in [2.75, 3.05) is 0 Å². The Kier molecular flexibility index (Phi) is 3.24. The van der Waals surface area contributed by atoms with Crippen molar-refractivity contribution in [3.63, 3.8) is 0 Å². The van der Waals surface area contributed by atoms with Crippen molar-refractivity contribution in [1.82, 2.24) is 9.78 Å². The van der Waals surface area contributed by atoms with Gasteiger partial charge >= 0.3 is 0 Å². The molecule has 0 aliphatic heterocycles. The lowest BCUT2D eigenvalue weighted by atomic mass is 9.93. The molecule has 94 valence electrons. The van der Waals surface area contributed by atoms with Crippen LogP contribution >= 0.6 is 11.6 Å². The van der Waals surface area contributed by atoms with E-state index in [4.69, 9.17) is 16.3 Å². The molecule has 0 N–H and O–H groups in total. The fourth-order valence-electron chi connectivity index (χ4n) is 2.05. The number of rotatable bonds is 4. The van der Waals surface area contributed by atoms with E-state index in [1.165, 1.54) is 19.3 Å². The summed E-state index contributed by atoms with van der Waals surface area (Å²) >= 11 is 6.27. The van der Waals surface area contributed by atoms with Gasteiger partial charge < -0.3 is 4.74 Å². The van der Waals surface area contributed by atoms with E-state index in [0.29, 0.717) is 23.6 Å². The topological polar surface area (TPSA) is 27.1 Å². The summed E-state index contributed by atoms with van der Waals surface area (Å²) in [6.07, 6.45) is 5.31. The Bertz CT molecular complexity index is 520. The summed E-state index contributed by atoms with van der Waals surface area (Å²) in [6, 6.07) is 10.5. The average molecular weight is 263 g/mol. The van der Waals surface area contributed by atoms with E-state index >= 15 is 0 Å². The van der Waals surface area contributed by atoms with Crippen LogP contribution in [0.3, 0.4) is 0 Å². The maximum Gasteiger partial charge on any atom is 0.176 e. The highest BCUT2D eigenvalue weighted by Gasteiger charge is 2.23. The summed E-state index contributed by atoms with van der Waals surface area (Å²) in [4.78, 5) is 0. The van der Waals surface area contributed by atoms with Gasteiger partial charge in [-0.3, -0.25) is 0 Å². The molecule has 0 unspecified atom stereocenters. The van der Waals surface area contributed by atoms with E-state index in [-0.39, 0.29) is 0 Å². The molecule has 3 nitrogen and oxygen atoms in total. The molecule has 2 aromatic rings. The summed E-state index contributed by atoms with van der Waals surface area (Å²) in [6.45, 7) is 0.525. The van der Waals surface area contributed by atoms with Gasteiger partial charge in [-0.25, -0.2) is 4.68 Å². The quantitative estimate of drug-likeness (QED) is 0.837. The standard InChI is InChI=1S/C14H15ClN2O/c15-14-13(9-16-17(14)12-7-4-8-12)18-10-11-5-2-1-3-6-11/h1-3,5-6,9,12H,4,7-8,10H2. The smallest absolute Gasteiger partial charge is 0.176 e. The Morgan fingerprint density at radius 2 is 2.06 bits per heavy atom. The van der Waals surface area contributed by atoms with Gasteiger partial charge in [-0.15, -0.1) is 0 Å². The number of hydrogen-bond donors (Lipinski definition) is 0. The van der Waals surface area contributed by atoms with Crippen LogP contribution in [0.15, 0.2) is 36.5 Å². The zero-order chi connectivity index (χ0) is 12.4.